The van der Waals surface area contributed by atoms with E-state index in [9.17, 15) is 15.0 Å². The van der Waals surface area contributed by atoms with Crippen LogP contribution in [0.3, 0.4) is 0 Å². The molecule has 1 heterocycles. The Kier molecular flexibility index (Phi) is 6.88. The molecule has 1 saturated heterocycles. The molecule has 30 heavy (non-hydrogen) atoms. The predicted molar refractivity (Wildman–Crippen MR) is 119 cm³/mol. The van der Waals surface area contributed by atoms with Crippen molar-refractivity contribution in [2.75, 3.05) is 19.7 Å². The van der Waals surface area contributed by atoms with Gasteiger partial charge in [0.1, 0.15) is 5.60 Å². The van der Waals surface area contributed by atoms with E-state index in [1.165, 1.54) is 0 Å². The van der Waals surface area contributed by atoms with Gasteiger partial charge in [0.15, 0.2) is 0 Å². The van der Waals surface area contributed by atoms with Gasteiger partial charge in [-0.25, -0.2) is 0 Å². The van der Waals surface area contributed by atoms with Gasteiger partial charge < -0.3 is 15.1 Å². The molecule has 1 fully saturated rings. The van der Waals surface area contributed by atoms with Gasteiger partial charge in [-0.15, -0.1) is 0 Å². The minimum absolute atomic E-state index is 0.0226. The highest BCUT2D eigenvalue weighted by atomic mass is 35.5. The van der Waals surface area contributed by atoms with E-state index in [4.69, 9.17) is 11.6 Å². The van der Waals surface area contributed by atoms with Crippen LogP contribution >= 0.6 is 11.6 Å². The molecule has 2 N–H and O–H groups in total. The lowest BCUT2D eigenvalue weighted by Gasteiger charge is -2.42. The van der Waals surface area contributed by atoms with Crippen molar-refractivity contribution in [1.29, 1.82) is 0 Å². The van der Waals surface area contributed by atoms with Crippen molar-refractivity contribution in [3.63, 3.8) is 0 Å². The first-order valence-corrected chi connectivity index (χ1v) is 10.6. The van der Waals surface area contributed by atoms with E-state index in [0.717, 1.165) is 24.0 Å². The summed E-state index contributed by atoms with van der Waals surface area (Å²) in [4.78, 5) is 14.9. The van der Waals surface area contributed by atoms with Crippen molar-refractivity contribution < 1.29 is 15.0 Å². The second-order valence-electron chi connectivity index (χ2n) is 8.68. The molecule has 0 aliphatic carbocycles. The highest BCUT2D eigenvalue weighted by Gasteiger charge is 2.37. The summed E-state index contributed by atoms with van der Waals surface area (Å²) in [6.45, 7) is 4.47. The zero-order valence-corrected chi connectivity index (χ0v) is 18.2. The fourth-order valence-corrected chi connectivity index (χ4v) is 4.11. The van der Waals surface area contributed by atoms with E-state index in [0.29, 0.717) is 30.1 Å². The van der Waals surface area contributed by atoms with Crippen LogP contribution in [0.1, 0.15) is 48.2 Å². The molecule has 5 heteroatoms. The Morgan fingerprint density at radius 1 is 1.23 bits per heavy atom. The number of benzene rings is 2. The molecule has 0 saturated carbocycles. The van der Waals surface area contributed by atoms with Crippen LogP contribution in [0.25, 0.3) is 0 Å². The second kappa shape index (κ2) is 9.22. The molecular weight excluding hydrogens is 398 g/mol. The van der Waals surface area contributed by atoms with Crippen LogP contribution in [0.2, 0.25) is 5.02 Å². The molecule has 1 aliphatic rings. The summed E-state index contributed by atoms with van der Waals surface area (Å²) in [7, 11) is 0. The van der Waals surface area contributed by atoms with Gasteiger partial charge >= 0.3 is 0 Å². The number of aliphatic hydroxyl groups excluding tert-OH is 1. The molecular formula is C25H28ClNO3. The number of carbonyl (C=O) groups is 1. The van der Waals surface area contributed by atoms with E-state index in [-0.39, 0.29) is 17.9 Å². The smallest absolute Gasteiger partial charge is 0.253 e. The van der Waals surface area contributed by atoms with Crippen molar-refractivity contribution in [2.24, 2.45) is 5.41 Å². The Bertz CT molecular complexity index is 953. The highest BCUT2D eigenvalue weighted by Crippen LogP contribution is 2.34. The van der Waals surface area contributed by atoms with Gasteiger partial charge in [0.05, 0.1) is 6.61 Å². The molecule has 0 aromatic heterocycles. The van der Waals surface area contributed by atoms with Crippen molar-refractivity contribution in [3.8, 4) is 11.8 Å². The number of piperidine rings is 1. The number of hydrogen-bond acceptors (Lipinski definition) is 3. The Morgan fingerprint density at radius 2 is 1.97 bits per heavy atom. The van der Waals surface area contributed by atoms with Gasteiger partial charge in [-0.2, -0.15) is 0 Å². The third-order valence-corrected chi connectivity index (χ3v) is 5.63. The standard InChI is InChI=1S/C25H28ClNO3/c1-24(2,30)13-11-19-7-9-21(10-8-19)23(29)27-14-4-12-25(17-27,18-28)16-20-5-3-6-22(26)15-20/h3,5-10,15,28,30H,4,12,14,16-18H2,1-2H3/t25-/m1/s1. The Balaban J connectivity index is 1.73. The first kappa shape index (κ1) is 22.4. The zero-order chi connectivity index (χ0) is 21.8. The van der Waals surface area contributed by atoms with Gasteiger partial charge in [-0.1, -0.05) is 35.6 Å². The van der Waals surface area contributed by atoms with E-state index >= 15 is 0 Å². The molecule has 2 aromatic carbocycles. The number of hydrogen-bond donors (Lipinski definition) is 2. The maximum absolute atomic E-state index is 13.1. The molecule has 2 aromatic rings. The quantitative estimate of drug-likeness (QED) is 0.730. The maximum atomic E-state index is 13.1. The van der Waals surface area contributed by atoms with E-state index in [1.807, 2.05) is 29.2 Å². The molecule has 0 spiro atoms. The summed E-state index contributed by atoms with van der Waals surface area (Å²) in [5, 5.41) is 20.6. The highest BCUT2D eigenvalue weighted by molar-refractivity contribution is 6.30. The van der Waals surface area contributed by atoms with Gasteiger partial charge in [0.25, 0.3) is 5.91 Å². The average molecular weight is 426 g/mol. The van der Waals surface area contributed by atoms with Gasteiger partial charge in [0, 0.05) is 34.7 Å². The number of aliphatic hydroxyl groups is 2. The van der Waals surface area contributed by atoms with Crippen LogP contribution in [-0.2, 0) is 6.42 Å². The summed E-state index contributed by atoms with van der Waals surface area (Å²) in [5.74, 6) is 5.64. The number of rotatable bonds is 4. The molecule has 0 unspecified atom stereocenters. The zero-order valence-electron chi connectivity index (χ0n) is 17.5. The van der Waals surface area contributed by atoms with E-state index < -0.39 is 5.60 Å². The summed E-state index contributed by atoms with van der Waals surface area (Å²) in [6.07, 6.45) is 2.40. The fourth-order valence-electron chi connectivity index (χ4n) is 3.89. The first-order valence-electron chi connectivity index (χ1n) is 10.2. The summed E-state index contributed by atoms with van der Waals surface area (Å²) >= 11 is 6.12. The monoisotopic (exact) mass is 425 g/mol. The van der Waals surface area contributed by atoms with Crippen molar-refractivity contribution >= 4 is 17.5 Å². The van der Waals surface area contributed by atoms with Gasteiger partial charge in [-0.3, -0.25) is 4.79 Å². The molecule has 1 amide bonds. The second-order valence-corrected chi connectivity index (χ2v) is 9.12. The fraction of sp³-hybridized carbons (Fsp3) is 0.400. The largest absolute Gasteiger partial charge is 0.396 e. The third kappa shape index (κ3) is 5.86. The summed E-state index contributed by atoms with van der Waals surface area (Å²) in [6, 6.07) is 14.8. The molecule has 1 aliphatic heterocycles. The van der Waals surface area contributed by atoms with Crippen molar-refractivity contribution in [1.82, 2.24) is 4.90 Å². The van der Waals surface area contributed by atoms with Crippen molar-refractivity contribution in [3.05, 3.63) is 70.2 Å². The SMILES string of the molecule is CC(C)(O)C#Cc1ccc(C(=O)N2CCC[C@@](CO)(Cc3cccc(Cl)c3)C2)cc1. The topological polar surface area (TPSA) is 60.8 Å². The van der Waals surface area contributed by atoms with Crippen LogP contribution in [-0.4, -0.2) is 46.3 Å². The van der Waals surface area contributed by atoms with E-state index in [1.54, 1.807) is 38.1 Å². The predicted octanol–water partition coefficient (Wildman–Crippen LogP) is 3.92. The minimum Gasteiger partial charge on any atom is -0.396 e. The lowest BCUT2D eigenvalue weighted by atomic mass is 9.75. The number of carbonyl (C=O) groups excluding carboxylic acids is 1. The van der Waals surface area contributed by atoms with Crippen LogP contribution in [0, 0.1) is 17.3 Å². The Morgan fingerprint density at radius 3 is 2.60 bits per heavy atom. The van der Waals surface area contributed by atoms with Crippen molar-refractivity contribution in [2.45, 2.75) is 38.7 Å². The van der Waals surface area contributed by atoms with Crippen LogP contribution < -0.4 is 0 Å². The summed E-state index contributed by atoms with van der Waals surface area (Å²) < 4.78 is 0. The van der Waals surface area contributed by atoms with E-state index in [2.05, 4.69) is 11.8 Å². The lowest BCUT2D eigenvalue weighted by molar-refractivity contribution is 0.0271. The van der Waals surface area contributed by atoms with Gasteiger partial charge in [0.2, 0.25) is 0 Å². The van der Waals surface area contributed by atoms with Gasteiger partial charge in [-0.05, 0) is 75.1 Å². The maximum Gasteiger partial charge on any atom is 0.253 e. The molecule has 158 valence electrons. The van der Waals surface area contributed by atoms with Crippen LogP contribution in [0.15, 0.2) is 48.5 Å². The molecule has 0 radical (unpaired) electrons. The number of nitrogens with zero attached hydrogens (tertiary/aromatic N) is 1. The third-order valence-electron chi connectivity index (χ3n) is 5.40. The molecule has 3 rings (SSSR count). The number of amides is 1. The molecule has 1 atom stereocenters. The normalized spacial score (nSPS) is 19.2. The first-order chi connectivity index (χ1) is 14.2. The Labute approximate surface area is 183 Å². The number of likely N-dealkylation sites (tertiary alicyclic amines) is 1. The van der Waals surface area contributed by atoms with Crippen LogP contribution in [0.5, 0.6) is 0 Å². The number of halogens is 1. The molecule has 0 bridgehead atoms. The Hall–Kier alpha value is -2.32. The minimum atomic E-state index is -1.06. The average Bonchev–Trinajstić information content (AvgIpc) is 2.72. The molecule has 4 nitrogen and oxygen atoms in total. The van der Waals surface area contributed by atoms with Crippen LogP contribution in [0.4, 0.5) is 0 Å². The summed E-state index contributed by atoms with van der Waals surface area (Å²) in [5.41, 5.74) is 0.995. The lowest BCUT2D eigenvalue weighted by Crippen LogP contribution is -2.49.